The van der Waals surface area contributed by atoms with Gasteiger partial charge in [0.15, 0.2) is 0 Å². The predicted octanol–water partition coefficient (Wildman–Crippen LogP) is 8.95. The van der Waals surface area contributed by atoms with Crippen LogP contribution in [0, 0.1) is 12.8 Å². The van der Waals surface area contributed by atoms with Crippen LogP contribution in [0.5, 0.6) is 0 Å². The van der Waals surface area contributed by atoms with E-state index >= 15 is 0 Å². The molecule has 0 N–H and O–H groups in total. The molecule has 4 aromatic carbocycles. The van der Waals surface area contributed by atoms with Crippen molar-refractivity contribution in [2.45, 2.75) is 20.3 Å². The summed E-state index contributed by atoms with van der Waals surface area (Å²) in [5, 5.41) is 0. The zero-order valence-electron chi connectivity index (χ0n) is 19.3. The van der Waals surface area contributed by atoms with Crippen molar-refractivity contribution in [2.75, 3.05) is 4.90 Å². The summed E-state index contributed by atoms with van der Waals surface area (Å²) in [5.41, 5.74) is 9.81. The molecule has 1 aliphatic rings. The summed E-state index contributed by atoms with van der Waals surface area (Å²) in [6.07, 6.45) is 7.99. The number of hydrogen-bond donors (Lipinski definition) is 0. The molecule has 5 rings (SSSR count). The van der Waals surface area contributed by atoms with E-state index in [1.165, 1.54) is 44.9 Å². The largest absolute Gasteiger partial charge is 0.311 e. The van der Waals surface area contributed by atoms with Crippen LogP contribution < -0.4 is 4.90 Å². The smallest absolute Gasteiger partial charge is 0.0470 e. The Labute approximate surface area is 197 Å². The van der Waals surface area contributed by atoms with E-state index in [4.69, 9.17) is 0 Å². The van der Waals surface area contributed by atoms with Crippen molar-refractivity contribution in [1.29, 1.82) is 0 Å². The third-order valence-corrected chi connectivity index (χ3v) is 6.21. The Morgan fingerprint density at radius 1 is 0.636 bits per heavy atom. The van der Waals surface area contributed by atoms with Crippen molar-refractivity contribution < 1.29 is 0 Å². The molecule has 0 fully saturated rings. The average molecular weight is 428 g/mol. The van der Waals surface area contributed by atoms with E-state index in [1.807, 2.05) is 0 Å². The maximum Gasteiger partial charge on any atom is 0.0470 e. The zero-order chi connectivity index (χ0) is 22.6. The second-order valence-electron chi connectivity index (χ2n) is 8.87. The summed E-state index contributed by atoms with van der Waals surface area (Å²) < 4.78 is 0. The first kappa shape index (κ1) is 21.0. The molecule has 1 nitrogen and oxygen atoms in total. The maximum atomic E-state index is 2.37. The molecule has 33 heavy (non-hydrogen) atoms. The van der Waals surface area contributed by atoms with E-state index in [0.29, 0.717) is 5.92 Å². The van der Waals surface area contributed by atoms with Crippen LogP contribution in [0.1, 0.15) is 18.9 Å². The van der Waals surface area contributed by atoms with Gasteiger partial charge in [0.25, 0.3) is 0 Å². The SMILES string of the molecule is Cc1cc(-c2ccc(-c3ccccc3)cc2)cc(N(C2=CCC(C)C=C2)c2ccccc2)c1. The summed E-state index contributed by atoms with van der Waals surface area (Å²) in [6.45, 7) is 4.45. The summed E-state index contributed by atoms with van der Waals surface area (Å²) in [6, 6.07) is 37.0. The van der Waals surface area contributed by atoms with Crippen LogP contribution in [0.15, 0.2) is 127 Å². The van der Waals surface area contributed by atoms with Gasteiger partial charge in [0.1, 0.15) is 0 Å². The molecule has 0 radical (unpaired) electrons. The Balaban J connectivity index is 1.55. The second-order valence-corrected chi connectivity index (χ2v) is 8.87. The van der Waals surface area contributed by atoms with E-state index in [9.17, 15) is 0 Å². The molecule has 4 aromatic rings. The number of para-hydroxylation sites is 1. The van der Waals surface area contributed by atoms with Gasteiger partial charge in [-0.3, -0.25) is 0 Å². The van der Waals surface area contributed by atoms with E-state index in [-0.39, 0.29) is 0 Å². The molecule has 0 aromatic heterocycles. The van der Waals surface area contributed by atoms with E-state index in [0.717, 1.165) is 6.42 Å². The Bertz CT molecular complexity index is 1280. The van der Waals surface area contributed by atoms with Gasteiger partial charge in [-0.15, -0.1) is 0 Å². The van der Waals surface area contributed by atoms with Gasteiger partial charge in [-0.2, -0.15) is 0 Å². The minimum absolute atomic E-state index is 0.586. The molecule has 1 unspecified atom stereocenters. The zero-order valence-corrected chi connectivity index (χ0v) is 19.3. The molecule has 1 aliphatic carbocycles. The number of rotatable bonds is 5. The number of benzene rings is 4. The molecule has 0 saturated heterocycles. The lowest BCUT2D eigenvalue weighted by atomic mass is 9.97. The highest BCUT2D eigenvalue weighted by Gasteiger charge is 2.17. The van der Waals surface area contributed by atoms with Crippen molar-refractivity contribution in [1.82, 2.24) is 0 Å². The Hall–Kier alpha value is -3.84. The highest BCUT2D eigenvalue weighted by atomic mass is 15.1. The van der Waals surface area contributed by atoms with Crippen LogP contribution >= 0.6 is 0 Å². The number of allylic oxidation sites excluding steroid dienone is 3. The number of nitrogens with zero attached hydrogens (tertiary/aromatic N) is 1. The Morgan fingerprint density at radius 2 is 1.24 bits per heavy atom. The van der Waals surface area contributed by atoms with Crippen molar-refractivity contribution in [2.24, 2.45) is 5.92 Å². The van der Waals surface area contributed by atoms with Crippen LogP contribution in [-0.4, -0.2) is 0 Å². The molecule has 0 spiro atoms. The Kier molecular flexibility index (Phi) is 5.95. The first-order valence-corrected chi connectivity index (χ1v) is 11.7. The van der Waals surface area contributed by atoms with Crippen molar-refractivity contribution in [3.8, 4) is 22.3 Å². The molecular formula is C32H29N. The van der Waals surface area contributed by atoms with Crippen molar-refractivity contribution >= 4 is 11.4 Å². The monoisotopic (exact) mass is 427 g/mol. The fourth-order valence-corrected chi connectivity index (χ4v) is 4.45. The van der Waals surface area contributed by atoms with Gasteiger partial charge in [-0.25, -0.2) is 0 Å². The predicted molar refractivity (Wildman–Crippen MR) is 142 cm³/mol. The minimum atomic E-state index is 0.586. The fraction of sp³-hybridized carbons (Fsp3) is 0.125. The second kappa shape index (κ2) is 9.34. The van der Waals surface area contributed by atoms with Gasteiger partial charge in [-0.1, -0.05) is 97.9 Å². The molecule has 0 saturated carbocycles. The quantitative estimate of drug-likeness (QED) is 0.307. The van der Waals surface area contributed by atoms with Crippen LogP contribution in [0.25, 0.3) is 22.3 Å². The van der Waals surface area contributed by atoms with Gasteiger partial charge in [0.2, 0.25) is 0 Å². The minimum Gasteiger partial charge on any atom is -0.311 e. The first-order chi connectivity index (χ1) is 16.2. The maximum absolute atomic E-state index is 2.37. The average Bonchev–Trinajstić information content (AvgIpc) is 2.86. The molecule has 0 bridgehead atoms. The fourth-order valence-electron chi connectivity index (χ4n) is 4.45. The lowest BCUT2D eigenvalue weighted by Crippen LogP contribution is -2.17. The number of aryl methyl sites for hydroxylation is 1. The van der Waals surface area contributed by atoms with Crippen LogP contribution in [0.2, 0.25) is 0 Å². The Morgan fingerprint density at radius 3 is 1.88 bits per heavy atom. The molecule has 0 amide bonds. The lowest BCUT2D eigenvalue weighted by molar-refractivity contribution is 0.728. The summed E-state index contributed by atoms with van der Waals surface area (Å²) in [4.78, 5) is 2.37. The summed E-state index contributed by atoms with van der Waals surface area (Å²) >= 11 is 0. The molecule has 0 aliphatic heterocycles. The van der Waals surface area contributed by atoms with Crippen LogP contribution in [-0.2, 0) is 0 Å². The highest BCUT2D eigenvalue weighted by Crippen LogP contribution is 2.36. The third-order valence-electron chi connectivity index (χ3n) is 6.21. The molecule has 1 heteroatoms. The van der Waals surface area contributed by atoms with Gasteiger partial charge in [-0.05, 0) is 77.4 Å². The summed E-state index contributed by atoms with van der Waals surface area (Å²) in [5.74, 6) is 0.586. The van der Waals surface area contributed by atoms with Gasteiger partial charge in [0, 0.05) is 17.1 Å². The molecule has 162 valence electrons. The third kappa shape index (κ3) is 4.68. The topological polar surface area (TPSA) is 3.24 Å². The first-order valence-electron chi connectivity index (χ1n) is 11.7. The van der Waals surface area contributed by atoms with Crippen molar-refractivity contribution in [3.63, 3.8) is 0 Å². The molecule has 1 atom stereocenters. The van der Waals surface area contributed by atoms with E-state index in [1.54, 1.807) is 0 Å². The van der Waals surface area contributed by atoms with E-state index < -0.39 is 0 Å². The highest BCUT2D eigenvalue weighted by molar-refractivity contribution is 5.78. The molecular weight excluding hydrogens is 398 g/mol. The molecule has 0 heterocycles. The van der Waals surface area contributed by atoms with Crippen molar-refractivity contribution in [3.05, 3.63) is 133 Å². The number of hydrogen-bond acceptors (Lipinski definition) is 1. The van der Waals surface area contributed by atoms with Gasteiger partial charge >= 0.3 is 0 Å². The normalized spacial score (nSPS) is 15.2. The number of anilines is 2. The summed E-state index contributed by atoms with van der Waals surface area (Å²) in [7, 11) is 0. The lowest BCUT2D eigenvalue weighted by Gasteiger charge is -2.29. The van der Waals surface area contributed by atoms with Crippen LogP contribution in [0.4, 0.5) is 11.4 Å². The van der Waals surface area contributed by atoms with Gasteiger partial charge < -0.3 is 4.90 Å². The van der Waals surface area contributed by atoms with Gasteiger partial charge in [0.05, 0.1) is 0 Å². The van der Waals surface area contributed by atoms with E-state index in [2.05, 4.69) is 140 Å². The standard InChI is InChI=1S/C32H29N/c1-24-13-19-31(20-14-24)33(30-11-7-4-8-12-30)32-22-25(2)21-29(23-32)28-17-15-27(16-18-28)26-9-5-3-6-10-26/h3-13,15-24H,14H2,1-2H3. The van der Waals surface area contributed by atoms with Crippen LogP contribution in [0.3, 0.4) is 0 Å².